The minimum absolute atomic E-state index is 0.0110. The van der Waals surface area contributed by atoms with Gasteiger partial charge in [-0.25, -0.2) is 4.79 Å². The van der Waals surface area contributed by atoms with Crippen LogP contribution in [0.15, 0.2) is 12.1 Å². The Bertz CT molecular complexity index is 448. The van der Waals surface area contributed by atoms with E-state index >= 15 is 0 Å². The highest BCUT2D eigenvalue weighted by Crippen LogP contribution is 2.22. The van der Waals surface area contributed by atoms with E-state index in [4.69, 9.17) is 27.2 Å². The van der Waals surface area contributed by atoms with Crippen molar-refractivity contribution in [2.24, 2.45) is 0 Å². The molecule has 0 atom stereocenters. The van der Waals surface area contributed by atoms with Gasteiger partial charge in [0, 0.05) is 0 Å². The fourth-order valence-electron chi connectivity index (χ4n) is 0.911. The fraction of sp³-hybridized carbons (Fsp3) is 0. The highest BCUT2D eigenvalue weighted by Gasteiger charge is 2.12. The van der Waals surface area contributed by atoms with Crippen molar-refractivity contribution in [2.75, 3.05) is 0 Å². The van der Waals surface area contributed by atoms with Crippen LogP contribution in [0.1, 0.15) is 21.5 Å². The van der Waals surface area contributed by atoms with Crippen molar-refractivity contribution in [3.05, 3.63) is 33.8 Å². The molecule has 4 nitrogen and oxygen atoms in total. The zero-order valence-electron chi connectivity index (χ0n) is 6.78. The van der Waals surface area contributed by atoms with Crippen molar-refractivity contribution in [1.29, 1.82) is 10.5 Å². The molecule has 0 aliphatic heterocycles. The summed E-state index contributed by atoms with van der Waals surface area (Å²) in [5, 5.41) is 25.9. The molecule has 0 unspecified atom stereocenters. The molecule has 1 rings (SSSR count). The number of rotatable bonds is 1. The zero-order valence-corrected chi connectivity index (χ0v) is 7.54. The molecule has 0 aliphatic rings. The van der Waals surface area contributed by atoms with E-state index in [1.54, 1.807) is 12.1 Å². The lowest BCUT2D eigenvalue weighted by molar-refractivity contribution is 0.0697. The van der Waals surface area contributed by atoms with E-state index in [1.165, 1.54) is 0 Å². The SMILES string of the molecule is N#Cc1cc(C(=O)O)cc(C#N)c1Cl. The van der Waals surface area contributed by atoms with Gasteiger partial charge in [0.05, 0.1) is 21.7 Å². The van der Waals surface area contributed by atoms with Crippen LogP contribution in [0.2, 0.25) is 5.02 Å². The van der Waals surface area contributed by atoms with Gasteiger partial charge in [0.25, 0.3) is 0 Å². The van der Waals surface area contributed by atoms with Crippen LogP contribution in [-0.2, 0) is 0 Å². The monoisotopic (exact) mass is 206 g/mol. The Morgan fingerprint density at radius 3 is 2.00 bits per heavy atom. The molecule has 1 N–H and O–H groups in total. The summed E-state index contributed by atoms with van der Waals surface area (Å²) in [5.41, 5.74) is -0.145. The summed E-state index contributed by atoms with van der Waals surface area (Å²) in [5.74, 6) is -1.20. The molecule has 0 aliphatic carbocycles. The van der Waals surface area contributed by atoms with Gasteiger partial charge in [0.2, 0.25) is 0 Å². The number of hydrogen-bond donors (Lipinski definition) is 1. The van der Waals surface area contributed by atoms with Gasteiger partial charge in [-0.3, -0.25) is 0 Å². The molecule has 1 aromatic rings. The van der Waals surface area contributed by atoms with Crippen LogP contribution in [0.3, 0.4) is 0 Å². The van der Waals surface area contributed by atoms with Gasteiger partial charge in [0.15, 0.2) is 0 Å². The highest BCUT2D eigenvalue weighted by atomic mass is 35.5. The Morgan fingerprint density at radius 1 is 1.29 bits per heavy atom. The van der Waals surface area contributed by atoms with Crippen LogP contribution in [-0.4, -0.2) is 11.1 Å². The number of carboxylic acids is 1. The lowest BCUT2D eigenvalue weighted by Gasteiger charge is -2.00. The van der Waals surface area contributed by atoms with Gasteiger partial charge in [-0.2, -0.15) is 10.5 Å². The zero-order chi connectivity index (χ0) is 10.7. The van der Waals surface area contributed by atoms with Crippen LogP contribution in [0, 0.1) is 22.7 Å². The van der Waals surface area contributed by atoms with Crippen LogP contribution in [0.25, 0.3) is 0 Å². The molecule has 0 bridgehead atoms. The molecule has 0 fully saturated rings. The summed E-state index contributed by atoms with van der Waals surface area (Å²) in [4.78, 5) is 10.6. The Labute approximate surface area is 84.6 Å². The Kier molecular flexibility index (Phi) is 2.71. The number of carbonyl (C=O) groups is 1. The topological polar surface area (TPSA) is 84.9 Å². The van der Waals surface area contributed by atoms with Crippen molar-refractivity contribution in [3.8, 4) is 12.1 Å². The lowest BCUT2D eigenvalue weighted by atomic mass is 10.1. The second kappa shape index (κ2) is 3.78. The van der Waals surface area contributed by atoms with Crippen LogP contribution in [0.4, 0.5) is 0 Å². The molecule has 0 saturated carbocycles. The van der Waals surface area contributed by atoms with Crippen LogP contribution < -0.4 is 0 Å². The summed E-state index contributed by atoms with van der Waals surface area (Å²) in [7, 11) is 0. The molecule has 0 saturated heterocycles. The third-order valence-corrected chi connectivity index (χ3v) is 1.97. The molecule has 68 valence electrons. The standard InChI is InChI=1S/C9H3ClN2O2/c10-8-6(3-11)1-5(9(13)14)2-7(8)4-12/h1-2H,(H,13,14). The highest BCUT2D eigenvalue weighted by molar-refractivity contribution is 6.33. The maximum absolute atomic E-state index is 10.6. The van der Waals surface area contributed by atoms with Gasteiger partial charge < -0.3 is 5.11 Å². The second-order valence-electron chi connectivity index (χ2n) is 2.41. The maximum Gasteiger partial charge on any atom is 0.335 e. The molecular weight excluding hydrogens is 204 g/mol. The fourth-order valence-corrected chi connectivity index (χ4v) is 1.10. The number of nitrogens with zero attached hydrogens (tertiary/aromatic N) is 2. The van der Waals surface area contributed by atoms with Crippen molar-refractivity contribution in [3.63, 3.8) is 0 Å². The van der Waals surface area contributed by atoms with Gasteiger partial charge in [-0.1, -0.05) is 11.6 Å². The summed E-state index contributed by atoms with van der Waals surface area (Å²) in [6.07, 6.45) is 0. The molecule has 0 amide bonds. The van der Waals surface area contributed by atoms with E-state index in [0.717, 1.165) is 12.1 Å². The predicted octanol–water partition coefficient (Wildman–Crippen LogP) is 1.78. The summed E-state index contributed by atoms with van der Waals surface area (Å²) in [6, 6.07) is 5.70. The van der Waals surface area contributed by atoms with Crippen molar-refractivity contribution < 1.29 is 9.90 Å². The molecule has 14 heavy (non-hydrogen) atoms. The first-order valence-corrected chi connectivity index (χ1v) is 3.85. The second-order valence-corrected chi connectivity index (χ2v) is 2.79. The van der Waals surface area contributed by atoms with E-state index in [2.05, 4.69) is 0 Å². The number of nitriles is 2. The van der Waals surface area contributed by atoms with E-state index in [9.17, 15) is 4.79 Å². The third-order valence-electron chi connectivity index (χ3n) is 1.56. The Balaban J connectivity index is 3.51. The summed E-state index contributed by atoms with van der Waals surface area (Å²) in [6.45, 7) is 0. The van der Waals surface area contributed by atoms with Gasteiger partial charge in [-0.15, -0.1) is 0 Å². The minimum Gasteiger partial charge on any atom is -0.478 e. The molecule has 0 aromatic heterocycles. The largest absolute Gasteiger partial charge is 0.478 e. The predicted molar refractivity (Wildman–Crippen MR) is 47.8 cm³/mol. The molecule has 0 heterocycles. The third kappa shape index (κ3) is 1.66. The molecule has 1 aromatic carbocycles. The first-order valence-electron chi connectivity index (χ1n) is 3.47. The molecule has 5 heteroatoms. The van der Waals surface area contributed by atoms with Crippen LogP contribution in [0.5, 0.6) is 0 Å². The molecule has 0 spiro atoms. The van der Waals surface area contributed by atoms with E-state index in [0.29, 0.717) is 0 Å². The average molecular weight is 207 g/mol. The lowest BCUT2D eigenvalue weighted by Crippen LogP contribution is -1.98. The molecular formula is C9H3ClN2O2. The Hall–Kier alpha value is -2.04. The average Bonchev–Trinajstić information content (AvgIpc) is 2.17. The van der Waals surface area contributed by atoms with Gasteiger partial charge in [-0.05, 0) is 12.1 Å². The van der Waals surface area contributed by atoms with Gasteiger partial charge in [0.1, 0.15) is 12.1 Å². The van der Waals surface area contributed by atoms with E-state index in [1.807, 2.05) is 0 Å². The maximum atomic E-state index is 10.6. The number of carboxylic acid groups (broad SMARTS) is 1. The van der Waals surface area contributed by atoms with Crippen molar-refractivity contribution >= 4 is 17.6 Å². The van der Waals surface area contributed by atoms with Crippen molar-refractivity contribution in [2.45, 2.75) is 0 Å². The summed E-state index contributed by atoms with van der Waals surface area (Å²) >= 11 is 5.65. The first-order chi connectivity index (χ1) is 6.60. The number of benzene rings is 1. The number of aromatic carboxylic acids is 1. The summed E-state index contributed by atoms with van der Waals surface area (Å²) < 4.78 is 0. The first kappa shape index (κ1) is 10.0. The quantitative estimate of drug-likeness (QED) is 0.759. The van der Waals surface area contributed by atoms with E-state index in [-0.39, 0.29) is 21.7 Å². The van der Waals surface area contributed by atoms with E-state index < -0.39 is 5.97 Å². The van der Waals surface area contributed by atoms with Crippen molar-refractivity contribution in [1.82, 2.24) is 0 Å². The minimum atomic E-state index is -1.20. The molecule has 0 radical (unpaired) electrons. The number of halogens is 1. The Morgan fingerprint density at radius 2 is 1.71 bits per heavy atom. The van der Waals surface area contributed by atoms with Crippen LogP contribution >= 0.6 is 11.6 Å². The smallest absolute Gasteiger partial charge is 0.335 e. The number of hydrogen-bond acceptors (Lipinski definition) is 3. The van der Waals surface area contributed by atoms with Gasteiger partial charge >= 0.3 is 5.97 Å². The normalized spacial score (nSPS) is 8.79.